The minimum absolute atomic E-state index is 0.0452. The Balaban J connectivity index is 3.40. The molecule has 3 heteroatoms. The minimum Gasteiger partial charge on any atom is -0.388 e. The molecule has 1 heterocycles. The number of nitriles is 1. The molecule has 0 spiro atoms. The molecule has 0 amide bonds. The van der Waals surface area contributed by atoms with Crippen molar-refractivity contribution in [3.8, 4) is 6.07 Å². The highest BCUT2D eigenvalue weighted by atomic mass is 28.3. The number of rotatable bonds is 6. The second-order valence-electron chi connectivity index (χ2n) is 7.99. The normalized spacial score (nSPS) is 21.7. The van der Waals surface area contributed by atoms with Gasteiger partial charge in [-0.2, -0.15) is 5.26 Å². The maximum atomic E-state index is 9.89. The van der Waals surface area contributed by atoms with Crippen LogP contribution < -0.4 is 0 Å². The van der Waals surface area contributed by atoms with Crippen molar-refractivity contribution in [2.75, 3.05) is 0 Å². The Morgan fingerprint density at radius 1 is 1.09 bits per heavy atom. The molecule has 0 aromatic rings. The lowest BCUT2D eigenvalue weighted by molar-refractivity contribution is 0.237. The highest BCUT2D eigenvalue weighted by Gasteiger charge is 2.51. The molecule has 1 atom stereocenters. The third-order valence-electron chi connectivity index (χ3n) is 6.30. The van der Waals surface area contributed by atoms with E-state index in [1.807, 2.05) is 0 Å². The van der Waals surface area contributed by atoms with E-state index in [1.54, 1.807) is 0 Å². The summed E-state index contributed by atoms with van der Waals surface area (Å²) in [5, 5.41) is 9.89. The molecule has 0 saturated heterocycles. The lowest BCUT2D eigenvalue weighted by Crippen LogP contribution is -2.62. The van der Waals surface area contributed by atoms with Gasteiger partial charge in [0.1, 0.15) is 6.04 Å². The number of nitrogens with zero attached hydrogens (tertiary/aromatic N) is 2. The standard InChI is InChI=1S/C19H36N2Si/c1-9-19(10-2)11-12-21(18(13-19)14-20)22(15(3)4,16(5)6)17(7)8/h11-12,15-18H,9-10,13H2,1-8H3. The molecule has 0 aromatic heterocycles. The zero-order valence-corrected chi connectivity index (χ0v) is 17.0. The van der Waals surface area contributed by atoms with Gasteiger partial charge in [0.15, 0.2) is 8.24 Å². The summed E-state index contributed by atoms with van der Waals surface area (Å²) in [4.78, 5) is 0. The average molecular weight is 321 g/mol. The van der Waals surface area contributed by atoms with Gasteiger partial charge in [0.05, 0.1) is 6.07 Å². The van der Waals surface area contributed by atoms with Crippen molar-refractivity contribution in [1.82, 2.24) is 4.57 Å². The van der Waals surface area contributed by atoms with Gasteiger partial charge in [-0.3, -0.25) is 0 Å². The van der Waals surface area contributed by atoms with E-state index < -0.39 is 8.24 Å². The van der Waals surface area contributed by atoms with Crippen molar-refractivity contribution >= 4 is 8.24 Å². The molecule has 1 rings (SSSR count). The van der Waals surface area contributed by atoms with Crippen molar-refractivity contribution in [3.05, 3.63) is 12.3 Å². The quantitative estimate of drug-likeness (QED) is 0.554. The van der Waals surface area contributed by atoms with Crippen molar-refractivity contribution in [3.63, 3.8) is 0 Å². The van der Waals surface area contributed by atoms with Gasteiger partial charge < -0.3 is 4.57 Å². The summed E-state index contributed by atoms with van der Waals surface area (Å²) in [6.45, 7) is 18.7. The van der Waals surface area contributed by atoms with Crippen LogP contribution in [0.5, 0.6) is 0 Å². The SMILES string of the molecule is CCC1(CC)C=CN([Si](C(C)C)(C(C)C)C(C)C)C(C#N)C1. The molecule has 1 aliphatic heterocycles. The highest BCUT2D eigenvalue weighted by Crippen LogP contribution is 2.49. The van der Waals surface area contributed by atoms with E-state index in [0.717, 1.165) is 19.3 Å². The first-order valence-corrected chi connectivity index (χ1v) is 11.3. The Morgan fingerprint density at radius 3 is 1.86 bits per heavy atom. The minimum atomic E-state index is -1.77. The van der Waals surface area contributed by atoms with E-state index >= 15 is 0 Å². The second-order valence-corrected chi connectivity index (χ2v) is 13.7. The van der Waals surface area contributed by atoms with Gasteiger partial charge in [0, 0.05) is 0 Å². The fourth-order valence-corrected chi connectivity index (χ4v) is 11.9. The molecule has 0 fully saturated rings. The van der Waals surface area contributed by atoms with E-state index in [9.17, 15) is 5.26 Å². The first kappa shape index (κ1) is 19.3. The Bertz CT molecular complexity index is 405. The Labute approximate surface area is 139 Å². The van der Waals surface area contributed by atoms with Crippen molar-refractivity contribution in [1.29, 1.82) is 5.26 Å². The topological polar surface area (TPSA) is 27.0 Å². The van der Waals surface area contributed by atoms with Gasteiger partial charge in [0.2, 0.25) is 0 Å². The van der Waals surface area contributed by atoms with Crippen LogP contribution in [0.3, 0.4) is 0 Å². The van der Waals surface area contributed by atoms with Gasteiger partial charge in [0.25, 0.3) is 0 Å². The van der Waals surface area contributed by atoms with Crippen molar-refractivity contribution < 1.29 is 0 Å². The van der Waals surface area contributed by atoms with Crippen molar-refractivity contribution in [2.24, 2.45) is 5.41 Å². The van der Waals surface area contributed by atoms with Crippen LogP contribution in [0, 0.1) is 16.7 Å². The molecule has 0 aliphatic carbocycles. The number of allylic oxidation sites excluding steroid dienone is 1. The van der Waals surface area contributed by atoms with Gasteiger partial charge in [-0.05, 0) is 47.5 Å². The third-order valence-corrected chi connectivity index (χ3v) is 13.2. The summed E-state index contributed by atoms with van der Waals surface area (Å²) >= 11 is 0. The Kier molecular flexibility index (Phi) is 6.33. The molecule has 126 valence electrons. The van der Waals surface area contributed by atoms with Gasteiger partial charge in [-0.15, -0.1) is 0 Å². The van der Waals surface area contributed by atoms with E-state index in [2.05, 4.69) is 78.3 Å². The molecule has 2 nitrogen and oxygen atoms in total. The molecule has 22 heavy (non-hydrogen) atoms. The molecule has 0 radical (unpaired) electrons. The lowest BCUT2D eigenvalue weighted by atomic mass is 9.75. The first-order chi connectivity index (χ1) is 10.2. The maximum absolute atomic E-state index is 9.89. The monoisotopic (exact) mass is 320 g/mol. The summed E-state index contributed by atoms with van der Waals surface area (Å²) < 4.78 is 2.55. The predicted octanol–water partition coefficient (Wildman–Crippen LogP) is 6.08. The molecular weight excluding hydrogens is 284 g/mol. The van der Waals surface area contributed by atoms with E-state index in [4.69, 9.17) is 0 Å². The fourth-order valence-electron chi connectivity index (χ4n) is 5.07. The molecule has 1 aliphatic rings. The zero-order valence-electron chi connectivity index (χ0n) is 16.0. The third kappa shape index (κ3) is 3.00. The van der Waals surface area contributed by atoms with Crippen LogP contribution in [-0.2, 0) is 0 Å². The lowest BCUT2D eigenvalue weighted by Gasteiger charge is -2.55. The summed E-state index contributed by atoms with van der Waals surface area (Å²) in [7, 11) is -1.77. The summed E-state index contributed by atoms with van der Waals surface area (Å²) in [5.41, 5.74) is 2.15. The Morgan fingerprint density at radius 2 is 1.55 bits per heavy atom. The average Bonchev–Trinajstić information content (AvgIpc) is 2.47. The first-order valence-electron chi connectivity index (χ1n) is 9.09. The van der Waals surface area contributed by atoms with Gasteiger partial charge in [-0.1, -0.05) is 61.5 Å². The summed E-state index contributed by atoms with van der Waals surface area (Å²) in [6.07, 6.45) is 8.01. The van der Waals surface area contributed by atoms with E-state index in [1.165, 1.54) is 0 Å². The van der Waals surface area contributed by atoms with Crippen LogP contribution in [0.25, 0.3) is 0 Å². The number of hydrogen-bond acceptors (Lipinski definition) is 2. The predicted molar refractivity (Wildman–Crippen MR) is 99.1 cm³/mol. The van der Waals surface area contributed by atoms with Crippen molar-refractivity contribution in [2.45, 2.75) is 97.3 Å². The molecule has 0 aromatic carbocycles. The van der Waals surface area contributed by atoms with Crippen LogP contribution >= 0.6 is 0 Å². The highest BCUT2D eigenvalue weighted by molar-refractivity contribution is 6.81. The molecular formula is C19H36N2Si. The number of hydrogen-bond donors (Lipinski definition) is 0. The van der Waals surface area contributed by atoms with Gasteiger partial charge >= 0.3 is 0 Å². The zero-order chi connectivity index (χ0) is 17.1. The molecule has 0 N–H and O–H groups in total. The Hall–Kier alpha value is -0.753. The fraction of sp³-hybridized carbons (Fsp3) is 0.842. The summed E-state index contributed by atoms with van der Waals surface area (Å²) in [6, 6.07) is 2.70. The van der Waals surface area contributed by atoms with Crippen LogP contribution in [0.1, 0.15) is 74.7 Å². The second kappa shape index (κ2) is 7.21. The molecule has 0 bridgehead atoms. The van der Waals surface area contributed by atoms with Crippen LogP contribution in [-0.4, -0.2) is 18.8 Å². The van der Waals surface area contributed by atoms with E-state index in [-0.39, 0.29) is 11.5 Å². The largest absolute Gasteiger partial charge is 0.388 e. The van der Waals surface area contributed by atoms with Crippen LogP contribution in [0.2, 0.25) is 16.6 Å². The van der Waals surface area contributed by atoms with Crippen LogP contribution in [0.4, 0.5) is 0 Å². The summed E-state index contributed by atoms with van der Waals surface area (Å²) in [5.74, 6) is 0. The molecule has 1 unspecified atom stereocenters. The van der Waals surface area contributed by atoms with Crippen LogP contribution in [0.15, 0.2) is 12.3 Å². The van der Waals surface area contributed by atoms with E-state index in [0.29, 0.717) is 16.6 Å². The van der Waals surface area contributed by atoms with Gasteiger partial charge in [-0.25, -0.2) is 0 Å². The smallest absolute Gasteiger partial charge is 0.165 e. The molecule has 0 saturated carbocycles. The maximum Gasteiger partial charge on any atom is 0.165 e.